The van der Waals surface area contributed by atoms with Crippen molar-refractivity contribution in [1.29, 1.82) is 0 Å². The summed E-state index contributed by atoms with van der Waals surface area (Å²) in [5.41, 5.74) is 0. The van der Waals surface area contributed by atoms with Crippen molar-refractivity contribution >= 4 is 5.91 Å². The van der Waals surface area contributed by atoms with Gasteiger partial charge in [-0.2, -0.15) is 0 Å². The number of carbonyl (C=O) groups excluding carboxylic acids is 1. The Morgan fingerprint density at radius 1 is 1.25 bits per heavy atom. The summed E-state index contributed by atoms with van der Waals surface area (Å²) >= 11 is 0. The van der Waals surface area contributed by atoms with E-state index in [-0.39, 0.29) is 0 Å². The molecule has 9 nitrogen and oxygen atoms in total. The van der Waals surface area contributed by atoms with Gasteiger partial charge in [-0.05, 0) is 0 Å². The van der Waals surface area contributed by atoms with E-state index in [9.17, 15) is 25.2 Å². The van der Waals surface area contributed by atoms with E-state index in [4.69, 9.17) is 14.9 Å². The molecule has 1 aliphatic heterocycles. The molecule has 0 aromatic rings. The summed E-state index contributed by atoms with van der Waals surface area (Å²) in [5, 5.41) is 59.2. The molecule has 0 aliphatic carbocycles. The molecule has 0 aromatic heterocycles. The van der Waals surface area contributed by atoms with Gasteiger partial charge in [-0.3, -0.25) is 4.79 Å². The minimum absolute atomic E-state index is 0.539. The fourth-order valence-electron chi connectivity index (χ4n) is 2.17. The van der Waals surface area contributed by atoms with Gasteiger partial charge in [0.2, 0.25) is 5.91 Å². The zero-order chi connectivity index (χ0) is 15.4. The molecule has 1 amide bonds. The minimum Gasteiger partial charge on any atom is -0.394 e. The van der Waals surface area contributed by atoms with Crippen LogP contribution in [0.25, 0.3) is 0 Å². The number of amides is 1. The quantitative estimate of drug-likeness (QED) is 0.268. The highest BCUT2D eigenvalue weighted by Gasteiger charge is 2.48. The van der Waals surface area contributed by atoms with Crippen molar-refractivity contribution in [2.24, 2.45) is 0 Å². The Kier molecular flexibility index (Phi) is 6.27. The summed E-state index contributed by atoms with van der Waals surface area (Å²) < 4.78 is 5.22. The largest absolute Gasteiger partial charge is 0.394 e. The molecule has 0 bridgehead atoms. The van der Waals surface area contributed by atoms with Crippen molar-refractivity contribution in [3.05, 3.63) is 0 Å². The van der Waals surface area contributed by atoms with Crippen LogP contribution in [0.15, 0.2) is 0 Å². The molecule has 0 radical (unpaired) electrons. The van der Waals surface area contributed by atoms with Gasteiger partial charge in [-0.15, -0.1) is 0 Å². The Labute approximate surface area is 115 Å². The summed E-state index contributed by atoms with van der Waals surface area (Å²) in [5.74, 6) is -0.539. The van der Waals surface area contributed by atoms with Crippen LogP contribution in [0.4, 0.5) is 0 Å². The first-order valence-corrected chi connectivity index (χ1v) is 6.20. The van der Waals surface area contributed by atoms with E-state index in [1.807, 2.05) is 0 Å². The van der Waals surface area contributed by atoms with Crippen LogP contribution in [0.2, 0.25) is 0 Å². The number of hydrogen-bond acceptors (Lipinski definition) is 8. The first-order valence-electron chi connectivity index (χ1n) is 6.20. The second-order valence-electron chi connectivity index (χ2n) is 4.77. The summed E-state index contributed by atoms with van der Waals surface area (Å²) in [6.07, 6.45) is -8.62. The van der Waals surface area contributed by atoms with E-state index in [2.05, 4.69) is 5.32 Å². The van der Waals surface area contributed by atoms with Gasteiger partial charge in [0, 0.05) is 6.92 Å². The average molecular weight is 295 g/mol. The van der Waals surface area contributed by atoms with Crippen molar-refractivity contribution in [1.82, 2.24) is 5.32 Å². The van der Waals surface area contributed by atoms with E-state index >= 15 is 0 Å². The van der Waals surface area contributed by atoms with Crippen molar-refractivity contribution in [3.8, 4) is 0 Å². The van der Waals surface area contributed by atoms with Crippen LogP contribution < -0.4 is 5.32 Å². The SMILES string of the molecule is CC(=O)N[C@H]1C(C(O)C(O)CO)O[C@H](CO)[C@@H](O)[C@@H]1O. The maximum Gasteiger partial charge on any atom is 0.217 e. The number of ether oxygens (including phenoxy) is 1. The fraction of sp³-hybridized carbons (Fsp3) is 0.909. The molecule has 1 saturated heterocycles. The highest BCUT2D eigenvalue weighted by molar-refractivity contribution is 5.73. The third-order valence-electron chi connectivity index (χ3n) is 3.25. The second-order valence-corrected chi connectivity index (χ2v) is 4.77. The summed E-state index contributed by atoms with van der Waals surface area (Å²) in [4.78, 5) is 11.1. The number of aliphatic hydroxyl groups is 6. The maximum absolute atomic E-state index is 11.1. The molecule has 1 fully saturated rings. The smallest absolute Gasteiger partial charge is 0.217 e. The molecule has 9 heteroatoms. The molecule has 1 rings (SSSR count). The first kappa shape index (κ1) is 17.2. The van der Waals surface area contributed by atoms with Crippen molar-refractivity contribution < 1.29 is 40.2 Å². The van der Waals surface area contributed by atoms with Gasteiger partial charge in [0.1, 0.15) is 36.6 Å². The summed E-state index contributed by atoms with van der Waals surface area (Å²) in [6.45, 7) is -0.205. The predicted molar refractivity (Wildman–Crippen MR) is 64.5 cm³/mol. The lowest BCUT2D eigenvalue weighted by Crippen LogP contribution is -2.67. The van der Waals surface area contributed by atoms with E-state index in [0.717, 1.165) is 0 Å². The van der Waals surface area contributed by atoms with Gasteiger partial charge in [0.05, 0.1) is 19.3 Å². The van der Waals surface area contributed by atoms with Crippen LogP contribution in [-0.4, -0.2) is 92.4 Å². The van der Waals surface area contributed by atoms with E-state index in [1.165, 1.54) is 6.92 Å². The minimum atomic E-state index is -1.62. The van der Waals surface area contributed by atoms with Gasteiger partial charge < -0.3 is 40.7 Å². The van der Waals surface area contributed by atoms with Gasteiger partial charge >= 0.3 is 0 Å². The topological polar surface area (TPSA) is 160 Å². The predicted octanol–water partition coefficient (Wildman–Crippen LogP) is -4.31. The summed E-state index contributed by atoms with van der Waals surface area (Å²) in [7, 11) is 0. The van der Waals surface area contributed by atoms with Gasteiger partial charge in [0.15, 0.2) is 0 Å². The van der Waals surface area contributed by atoms with Gasteiger partial charge in [0.25, 0.3) is 0 Å². The Hall–Kier alpha value is -0.810. The zero-order valence-electron chi connectivity index (χ0n) is 11.0. The number of rotatable bonds is 5. The second kappa shape index (κ2) is 7.27. The fourth-order valence-corrected chi connectivity index (χ4v) is 2.17. The lowest BCUT2D eigenvalue weighted by atomic mass is 9.88. The Morgan fingerprint density at radius 2 is 1.85 bits per heavy atom. The molecule has 7 atom stereocenters. The van der Waals surface area contributed by atoms with Crippen LogP contribution in [0, 0.1) is 0 Å². The third kappa shape index (κ3) is 3.64. The lowest BCUT2D eigenvalue weighted by Gasteiger charge is -2.44. The van der Waals surface area contributed by atoms with E-state index in [0.29, 0.717) is 0 Å². The molecular formula is C11H21NO8. The van der Waals surface area contributed by atoms with E-state index < -0.39 is 61.8 Å². The van der Waals surface area contributed by atoms with E-state index in [1.54, 1.807) is 0 Å². The number of hydrogen-bond donors (Lipinski definition) is 7. The molecule has 0 saturated carbocycles. The average Bonchev–Trinajstić information content (AvgIpc) is 2.42. The zero-order valence-corrected chi connectivity index (χ0v) is 11.0. The van der Waals surface area contributed by atoms with Gasteiger partial charge in [-0.1, -0.05) is 0 Å². The summed E-state index contributed by atoms with van der Waals surface area (Å²) in [6, 6.07) is -1.19. The van der Waals surface area contributed by atoms with Crippen LogP contribution in [0.1, 0.15) is 6.92 Å². The standard InChI is InChI=1S/C11H21NO8/c1-4(15)12-7-10(19)9(18)6(3-14)20-11(7)8(17)5(16)2-13/h5-11,13-14,16-19H,2-3H2,1H3,(H,12,15)/t5?,6-,7-,8?,9-,10-,11?/m1/s1. The van der Waals surface area contributed by atoms with Gasteiger partial charge in [-0.25, -0.2) is 0 Å². The lowest BCUT2D eigenvalue weighted by molar-refractivity contribution is -0.228. The highest BCUT2D eigenvalue weighted by atomic mass is 16.5. The molecule has 0 spiro atoms. The monoisotopic (exact) mass is 295 g/mol. The molecule has 3 unspecified atom stereocenters. The van der Waals surface area contributed by atoms with Crippen molar-refractivity contribution in [2.45, 2.75) is 49.6 Å². The normalized spacial score (nSPS) is 37.2. The van der Waals surface area contributed by atoms with Crippen molar-refractivity contribution in [2.75, 3.05) is 13.2 Å². The van der Waals surface area contributed by atoms with Crippen molar-refractivity contribution in [3.63, 3.8) is 0 Å². The first-order chi connectivity index (χ1) is 9.33. The Balaban J connectivity index is 2.97. The Morgan fingerprint density at radius 3 is 2.30 bits per heavy atom. The highest BCUT2D eigenvalue weighted by Crippen LogP contribution is 2.24. The molecular weight excluding hydrogens is 274 g/mol. The maximum atomic E-state index is 11.1. The van der Waals surface area contributed by atoms with Crippen LogP contribution in [0.5, 0.6) is 0 Å². The third-order valence-corrected chi connectivity index (χ3v) is 3.25. The van der Waals surface area contributed by atoms with Crippen LogP contribution in [0.3, 0.4) is 0 Å². The molecule has 118 valence electrons. The number of carbonyl (C=O) groups is 1. The molecule has 0 aromatic carbocycles. The van der Waals surface area contributed by atoms with Crippen LogP contribution in [-0.2, 0) is 9.53 Å². The van der Waals surface area contributed by atoms with Crippen LogP contribution >= 0.6 is 0 Å². The molecule has 7 N–H and O–H groups in total. The number of nitrogens with one attached hydrogen (secondary N) is 1. The Bertz CT molecular complexity index is 328. The molecule has 20 heavy (non-hydrogen) atoms. The number of aliphatic hydroxyl groups excluding tert-OH is 6. The molecule has 1 heterocycles. The molecule has 1 aliphatic rings.